The van der Waals surface area contributed by atoms with Gasteiger partial charge in [0.15, 0.2) is 5.65 Å². The lowest BCUT2D eigenvalue weighted by atomic mass is 10.3. The average molecular weight is 256 g/mol. The fourth-order valence-corrected chi connectivity index (χ4v) is 1.82. The summed E-state index contributed by atoms with van der Waals surface area (Å²) in [5.74, 6) is 0.479. The Bertz CT molecular complexity index is 748. The summed E-state index contributed by atoms with van der Waals surface area (Å²) in [7, 11) is 1.84. The molecule has 0 atom stereocenters. The van der Waals surface area contributed by atoms with E-state index in [1.54, 1.807) is 6.20 Å². The molecule has 0 unspecified atom stereocenters. The van der Waals surface area contributed by atoms with Crippen molar-refractivity contribution in [2.24, 2.45) is 0 Å². The number of hydrogen-bond acceptors (Lipinski definition) is 5. The Morgan fingerprint density at radius 1 is 1.37 bits per heavy atom. The van der Waals surface area contributed by atoms with Crippen LogP contribution < -0.4 is 10.5 Å². The molecule has 0 fully saturated rings. The van der Waals surface area contributed by atoms with E-state index in [0.717, 1.165) is 5.69 Å². The monoisotopic (exact) mass is 256 g/mol. The number of hydrogen-bond donors (Lipinski definition) is 2. The Hall–Kier alpha value is -2.70. The molecule has 0 saturated carbocycles. The number of anilines is 1. The van der Waals surface area contributed by atoms with E-state index >= 15 is 0 Å². The molecule has 0 aromatic carbocycles. The van der Waals surface area contributed by atoms with Gasteiger partial charge in [0.25, 0.3) is 5.56 Å². The minimum atomic E-state index is -0.207. The predicted molar refractivity (Wildman–Crippen MR) is 70.9 cm³/mol. The van der Waals surface area contributed by atoms with Gasteiger partial charge in [0.2, 0.25) is 5.95 Å². The van der Waals surface area contributed by atoms with Gasteiger partial charge >= 0.3 is 0 Å². The SMILES string of the molecule is CN(Cc1ccccn1)c1nc2[nH]ncc2c(=O)[nH]1. The largest absolute Gasteiger partial charge is 0.339 e. The van der Waals surface area contributed by atoms with E-state index in [1.807, 2.05) is 30.1 Å². The molecule has 0 saturated heterocycles. The third-order valence-electron chi connectivity index (χ3n) is 2.79. The van der Waals surface area contributed by atoms with E-state index in [2.05, 4.69) is 25.1 Å². The molecular formula is C12H12N6O. The molecule has 96 valence electrons. The Morgan fingerprint density at radius 3 is 3.05 bits per heavy atom. The van der Waals surface area contributed by atoms with Crippen LogP contribution in [-0.2, 0) is 6.54 Å². The van der Waals surface area contributed by atoms with Gasteiger partial charge in [-0.25, -0.2) is 0 Å². The number of nitrogens with zero attached hydrogens (tertiary/aromatic N) is 4. The van der Waals surface area contributed by atoms with Crippen molar-refractivity contribution in [1.82, 2.24) is 25.1 Å². The predicted octanol–water partition coefficient (Wildman–Crippen LogP) is 0.678. The first kappa shape index (κ1) is 11.4. The summed E-state index contributed by atoms with van der Waals surface area (Å²) in [6.45, 7) is 0.559. The Kier molecular flexibility index (Phi) is 2.71. The lowest BCUT2D eigenvalue weighted by Gasteiger charge is -2.16. The third-order valence-corrected chi connectivity index (χ3v) is 2.79. The Morgan fingerprint density at radius 2 is 2.26 bits per heavy atom. The van der Waals surface area contributed by atoms with E-state index in [9.17, 15) is 4.79 Å². The Balaban J connectivity index is 1.93. The molecule has 3 aromatic heterocycles. The van der Waals surface area contributed by atoms with Crippen LogP contribution in [0.2, 0.25) is 0 Å². The van der Waals surface area contributed by atoms with E-state index in [4.69, 9.17) is 0 Å². The number of fused-ring (bicyclic) bond motifs is 1. The molecule has 2 N–H and O–H groups in total. The van der Waals surface area contributed by atoms with E-state index in [-0.39, 0.29) is 5.56 Å². The highest BCUT2D eigenvalue weighted by Crippen LogP contribution is 2.10. The lowest BCUT2D eigenvalue weighted by Crippen LogP contribution is -2.23. The van der Waals surface area contributed by atoms with Crippen LogP contribution in [0.4, 0.5) is 5.95 Å². The number of pyridine rings is 1. The molecule has 0 aliphatic rings. The standard InChI is InChI=1S/C12H12N6O/c1-18(7-8-4-2-3-5-13-8)12-15-10-9(6-14-17-10)11(19)16-12/h2-6H,7H2,1H3,(H2,14,15,16,17,19). The maximum Gasteiger partial charge on any atom is 0.263 e. The van der Waals surface area contributed by atoms with Crippen molar-refractivity contribution in [2.45, 2.75) is 6.54 Å². The van der Waals surface area contributed by atoms with Crippen LogP contribution in [0.1, 0.15) is 5.69 Å². The van der Waals surface area contributed by atoms with Crippen LogP contribution in [0, 0.1) is 0 Å². The van der Waals surface area contributed by atoms with Gasteiger partial charge in [-0.2, -0.15) is 10.1 Å². The minimum absolute atomic E-state index is 0.207. The second-order valence-electron chi connectivity index (χ2n) is 4.20. The fourth-order valence-electron chi connectivity index (χ4n) is 1.82. The molecule has 7 heteroatoms. The molecule has 7 nitrogen and oxygen atoms in total. The van der Waals surface area contributed by atoms with Gasteiger partial charge < -0.3 is 4.90 Å². The van der Waals surface area contributed by atoms with Crippen molar-refractivity contribution >= 4 is 17.0 Å². The van der Waals surface area contributed by atoms with Gasteiger partial charge in [-0.1, -0.05) is 6.07 Å². The van der Waals surface area contributed by atoms with Crippen LogP contribution in [0.25, 0.3) is 11.0 Å². The quantitative estimate of drug-likeness (QED) is 0.719. The van der Waals surface area contributed by atoms with Gasteiger partial charge in [-0.05, 0) is 12.1 Å². The van der Waals surface area contributed by atoms with Crippen molar-refractivity contribution in [1.29, 1.82) is 0 Å². The first-order valence-corrected chi connectivity index (χ1v) is 5.78. The van der Waals surface area contributed by atoms with Gasteiger partial charge in [0.05, 0.1) is 18.4 Å². The van der Waals surface area contributed by atoms with E-state index in [1.165, 1.54) is 6.20 Å². The first-order valence-electron chi connectivity index (χ1n) is 5.78. The molecule has 0 aliphatic carbocycles. The maximum absolute atomic E-state index is 11.8. The van der Waals surface area contributed by atoms with Crippen LogP contribution in [0.15, 0.2) is 35.4 Å². The zero-order valence-corrected chi connectivity index (χ0v) is 10.3. The fraction of sp³-hybridized carbons (Fsp3) is 0.167. The zero-order valence-electron chi connectivity index (χ0n) is 10.3. The second-order valence-corrected chi connectivity index (χ2v) is 4.20. The van der Waals surface area contributed by atoms with Gasteiger partial charge in [0.1, 0.15) is 5.39 Å². The highest BCUT2D eigenvalue weighted by atomic mass is 16.1. The van der Waals surface area contributed by atoms with Crippen molar-refractivity contribution in [3.63, 3.8) is 0 Å². The molecule has 19 heavy (non-hydrogen) atoms. The van der Waals surface area contributed by atoms with Crippen molar-refractivity contribution < 1.29 is 0 Å². The number of H-pyrrole nitrogens is 2. The molecule has 3 rings (SSSR count). The van der Waals surface area contributed by atoms with Crippen LogP contribution >= 0.6 is 0 Å². The molecule has 3 aromatic rings. The van der Waals surface area contributed by atoms with Crippen molar-refractivity contribution in [3.05, 3.63) is 46.6 Å². The molecule has 0 spiro atoms. The third kappa shape index (κ3) is 2.17. The van der Waals surface area contributed by atoms with Gasteiger partial charge in [0, 0.05) is 13.2 Å². The Labute approximate surface area is 108 Å². The number of nitrogens with one attached hydrogen (secondary N) is 2. The number of aromatic nitrogens is 5. The summed E-state index contributed by atoms with van der Waals surface area (Å²) < 4.78 is 0. The van der Waals surface area contributed by atoms with Crippen molar-refractivity contribution in [2.75, 3.05) is 11.9 Å². The van der Waals surface area contributed by atoms with Gasteiger partial charge in [-0.15, -0.1) is 0 Å². The van der Waals surface area contributed by atoms with Crippen molar-refractivity contribution in [3.8, 4) is 0 Å². The van der Waals surface area contributed by atoms with Crippen LogP contribution in [0.5, 0.6) is 0 Å². The summed E-state index contributed by atoms with van der Waals surface area (Å²) in [6.07, 6.45) is 3.20. The molecule has 0 amide bonds. The minimum Gasteiger partial charge on any atom is -0.339 e. The zero-order chi connectivity index (χ0) is 13.2. The van der Waals surface area contributed by atoms with E-state index < -0.39 is 0 Å². The highest BCUT2D eigenvalue weighted by molar-refractivity contribution is 5.73. The second kappa shape index (κ2) is 4.52. The van der Waals surface area contributed by atoms with Gasteiger partial charge in [-0.3, -0.25) is 19.9 Å². The lowest BCUT2D eigenvalue weighted by molar-refractivity contribution is 0.841. The summed E-state index contributed by atoms with van der Waals surface area (Å²) >= 11 is 0. The summed E-state index contributed by atoms with van der Waals surface area (Å²) in [4.78, 5) is 24.9. The molecule has 3 heterocycles. The molecule has 0 bridgehead atoms. The average Bonchev–Trinajstić information content (AvgIpc) is 2.88. The maximum atomic E-state index is 11.8. The smallest absolute Gasteiger partial charge is 0.263 e. The molecular weight excluding hydrogens is 244 g/mol. The summed E-state index contributed by atoms with van der Waals surface area (Å²) in [6, 6.07) is 5.70. The summed E-state index contributed by atoms with van der Waals surface area (Å²) in [5.41, 5.74) is 1.17. The van der Waals surface area contributed by atoms with E-state index in [0.29, 0.717) is 23.5 Å². The highest BCUT2D eigenvalue weighted by Gasteiger charge is 2.09. The molecule has 0 radical (unpaired) electrons. The topological polar surface area (TPSA) is 90.6 Å². The van der Waals surface area contributed by atoms with Crippen LogP contribution in [-0.4, -0.2) is 32.2 Å². The number of rotatable bonds is 3. The van der Waals surface area contributed by atoms with Crippen LogP contribution in [0.3, 0.4) is 0 Å². The summed E-state index contributed by atoms with van der Waals surface area (Å²) in [5, 5.41) is 6.96. The molecule has 0 aliphatic heterocycles. The normalized spacial score (nSPS) is 10.8. The number of aromatic amines is 2. The first-order chi connectivity index (χ1) is 9.24.